The van der Waals surface area contributed by atoms with Crippen molar-refractivity contribution in [3.8, 4) is 0 Å². The van der Waals surface area contributed by atoms with E-state index in [0.29, 0.717) is 12.1 Å². The van der Waals surface area contributed by atoms with Crippen LogP contribution in [-0.2, 0) is 7.05 Å². The molecular weight excluding hydrogens is 140 g/mol. The number of nitrogens with zero attached hydrogens (tertiary/aromatic N) is 2. The summed E-state index contributed by atoms with van der Waals surface area (Å²) in [7, 11) is 1.84. The lowest BCUT2D eigenvalue weighted by Gasteiger charge is -1.89. The summed E-state index contributed by atoms with van der Waals surface area (Å²) in [6.45, 7) is 3.77. The Morgan fingerprint density at radius 2 is 2.36 bits per heavy atom. The fraction of sp³-hybridized carbons (Fsp3) is 0.500. The number of carbonyl (C=O) groups excluding carboxylic acids is 1. The molecule has 0 aliphatic heterocycles. The Kier molecular flexibility index (Phi) is 2.08. The van der Waals surface area contributed by atoms with Gasteiger partial charge < -0.3 is 0 Å². The zero-order chi connectivity index (χ0) is 8.43. The van der Waals surface area contributed by atoms with Gasteiger partial charge >= 0.3 is 0 Å². The van der Waals surface area contributed by atoms with E-state index < -0.39 is 0 Å². The van der Waals surface area contributed by atoms with E-state index in [1.807, 2.05) is 27.0 Å². The van der Waals surface area contributed by atoms with Crippen LogP contribution in [-0.4, -0.2) is 15.6 Å². The fourth-order valence-corrected chi connectivity index (χ4v) is 0.878. The monoisotopic (exact) mass is 152 g/mol. The third kappa shape index (κ3) is 1.48. The normalized spacial score (nSPS) is 10.1. The zero-order valence-corrected chi connectivity index (χ0v) is 7.09. The highest BCUT2D eigenvalue weighted by Crippen LogP contribution is 2.03. The maximum absolute atomic E-state index is 11.1. The summed E-state index contributed by atoms with van der Waals surface area (Å²) in [6, 6.07) is 1.81. The number of Topliss-reactive ketones (excluding diaryl/α,β-unsaturated/α-hetero) is 1. The molecule has 0 saturated heterocycles. The molecule has 3 nitrogen and oxygen atoms in total. The minimum Gasteiger partial charge on any atom is -0.292 e. The number of aryl methyl sites for hydroxylation is 2. The van der Waals surface area contributed by atoms with E-state index in [9.17, 15) is 4.79 Å². The Morgan fingerprint density at radius 1 is 1.73 bits per heavy atom. The van der Waals surface area contributed by atoms with Crippen molar-refractivity contribution in [1.29, 1.82) is 0 Å². The maximum Gasteiger partial charge on any atom is 0.182 e. The number of hydrogen-bond donors (Lipinski definition) is 0. The molecule has 60 valence electrons. The predicted molar refractivity (Wildman–Crippen MR) is 42.6 cm³/mol. The van der Waals surface area contributed by atoms with E-state index in [-0.39, 0.29) is 5.78 Å². The Bertz CT molecular complexity index is 256. The number of hydrogen-bond acceptors (Lipinski definition) is 2. The van der Waals surface area contributed by atoms with E-state index in [4.69, 9.17) is 0 Å². The fourth-order valence-electron chi connectivity index (χ4n) is 0.878. The summed E-state index contributed by atoms with van der Waals surface area (Å²) in [5, 5.41) is 4.05. The van der Waals surface area contributed by atoms with Crippen LogP contribution in [0.15, 0.2) is 6.07 Å². The molecule has 1 rings (SSSR count). The van der Waals surface area contributed by atoms with E-state index in [1.54, 1.807) is 4.68 Å². The molecule has 0 aliphatic rings. The topological polar surface area (TPSA) is 34.9 Å². The van der Waals surface area contributed by atoms with E-state index in [0.717, 1.165) is 5.69 Å². The molecule has 11 heavy (non-hydrogen) atoms. The van der Waals surface area contributed by atoms with Crippen molar-refractivity contribution in [2.45, 2.75) is 20.3 Å². The lowest BCUT2D eigenvalue weighted by molar-refractivity contribution is 0.0982. The Balaban J connectivity index is 2.97. The molecule has 0 aromatic carbocycles. The van der Waals surface area contributed by atoms with Gasteiger partial charge in [0.05, 0.1) is 0 Å². The van der Waals surface area contributed by atoms with Gasteiger partial charge in [-0.1, -0.05) is 6.92 Å². The van der Waals surface area contributed by atoms with Gasteiger partial charge in [0.15, 0.2) is 5.78 Å². The van der Waals surface area contributed by atoms with Crippen molar-refractivity contribution >= 4 is 5.78 Å². The van der Waals surface area contributed by atoms with Crippen LogP contribution < -0.4 is 0 Å². The van der Waals surface area contributed by atoms with Crippen molar-refractivity contribution < 1.29 is 4.79 Å². The van der Waals surface area contributed by atoms with Gasteiger partial charge in [-0.05, 0) is 13.0 Å². The summed E-state index contributed by atoms with van der Waals surface area (Å²) in [4.78, 5) is 11.1. The second-order valence-electron chi connectivity index (χ2n) is 2.57. The summed E-state index contributed by atoms with van der Waals surface area (Å²) in [6.07, 6.45) is 0.524. The van der Waals surface area contributed by atoms with Crippen LogP contribution in [0.1, 0.15) is 29.5 Å². The molecule has 0 aliphatic carbocycles. The van der Waals surface area contributed by atoms with Gasteiger partial charge in [-0.3, -0.25) is 9.48 Å². The van der Waals surface area contributed by atoms with Crippen LogP contribution in [0.5, 0.6) is 0 Å². The zero-order valence-electron chi connectivity index (χ0n) is 7.09. The molecule has 0 N–H and O–H groups in total. The molecule has 0 saturated carbocycles. The van der Waals surface area contributed by atoms with Crippen molar-refractivity contribution in [3.05, 3.63) is 17.5 Å². The lowest BCUT2D eigenvalue weighted by atomic mass is 10.2. The highest BCUT2D eigenvalue weighted by Gasteiger charge is 2.07. The van der Waals surface area contributed by atoms with E-state index >= 15 is 0 Å². The summed E-state index contributed by atoms with van der Waals surface area (Å²) < 4.78 is 1.71. The minimum absolute atomic E-state index is 0.105. The molecule has 0 amide bonds. The van der Waals surface area contributed by atoms with Crippen LogP contribution >= 0.6 is 0 Å². The Hall–Kier alpha value is -1.12. The van der Waals surface area contributed by atoms with Crippen LogP contribution in [0.25, 0.3) is 0 Å². The second-order valence-corrected chi connectivity index (χ2v) is 2.57. The molecule has 0 bridgehead atoms. The summed E-state index contributed by atoms with van der Waals surface area (Å²) >= 11 is 0. The largest absolute Gasteiger partial charge is 0.292 e. The van der Waals surface area contributed by atoms with Crippen LogP contribution in [0.3, 0.4) is 0 Å². The van der Waals surface area contributed by atoms with Crippen molar-refractivity contribution in [3.63, 3.8) is 0 Å². The molecular formula is C8H12N2O. The van der Waals surface area contributed by atoms with Crippen molar-refractivity contribution in [2.24, 2.45) is 7.05 Å². The second kappa shape index (κ2) is 2.86. The first-order chi connectivity index (χ1) is 5.15. The first-order valence-electron chi connectivity index (χ1n) is 3.69. The highest BCUT2D eigenvalue weighted by molar-refractivity contribution is 5.94. The number of rotatable bonds is 2. The van der Waals surface area contributed by atoms with Gasteiger partial charge in [0.2, 0.25) is 0 Å². The van der Waals surface area contributed by atoms with Gasteiger partial charge in [-0.25, -0.2) is 0 Å². The maximum atomic E-state index is 11.1. The van der Waals surface area contributed by atoms with Gasteiger partial charge in [-0.15, -0.1) is 0 Å². The number of ketones is 1. The third-order valence-corrected chi connectivity index (χ3v) is 1.72. The predicted octanol–water partition coefficient (Wildman–Crippen LogP) is 1.32. The molecule has 3 heteroatoms. The average molecular weight is 152 g/mol. The molecule has 0 radical (unpaired) electrons. The quantitative estimate of drug-likeness (QED) is 0.599. The number of aromatic nitrogens is 2. The Morgan fingerprint density at radius 3 is 2.73 bits per heavy atom. The third-order valence-electron chi connectivity index (χ3n) is 1.72. The van der Waals surface area contributed by atoms with Crippen LogP contribution in [0, 0.1) is 6.92 Å². The average Bonchev–Trinajstić information content (AvgIpc) is 2.31. The SMILES string of the molecule is CCC(=O)c1cc(C)n(C)n1. The summed E-state index contributed by atoms with van der Waals surface area (Å²) in [5.74, 6) is 0.105. The Labute approximate surface area is 66.0 Å². The van der Waals surface area contributed by atoms with Gasteiger partial charge in [0.1, 0.15) is 5.69 Å². The minimum atomic E-state index is 0.105. The first kappa shape index (κ1) is 7.98. The smallest absolute Gasteiger partial charge is 0.182 e. The van der Waals surface area contributed by atoms with Crippen LogP contribution in [0.2, 0.25) is 0 Å². The number of carbonyl (C=O) groups is 1. The molecule has 1 heterocycles. The molecule has 0 fully saturated rings. The molecule has 0 atom stereocenters. The standard InChI is InChI=1S/C8H12N2O/c1-4-8(11)7-5-6(2)10(3)9-7/h5H,4H2,1-3H3. The molecule has 1 aromatic rings. The summed E-state index contributed by atoms with van der Waals surface area (Å²) in [5.41, 5.74) is 1.59. The first-order valence-corrected chi connectivity index (χ1v) is 3.69. The van der Waals surface area contributed by atoms with Gasteiger partial charge in [0.25, 0.3) is 0 Å². The highest BCUT2D eigenvalue weighted by atomic mass is 16.1. The van der Waals surface area contributed by atoms with Crippen LogP contribution in [0.4, 0.5) is 0 Å². The van der Waals surface area contributed by atoms with E-state index in [1.165, 1.54) is 0 Å². The van der Waals surface area contributed by atoms with Crippen molar-refractivity contribution in [1.82, 2.24) is 9.78 Å². The van der Waals surface area contributed by atoms with Crippen molar-refractivity contribution in [2.75, 3.05) is 0 Å². The van der Waals surface area contributed by atoms with Gasteiger partial charge in [-0.2, -0.15) is 5.10 Å². The lowest BCUT2D eigenvalue weighted by Crippen LogP contribution is -1.99. The molecule has 0 spiro atoms. The van der Waals surface area contributed by atoms with E-state index in [2.05, 4.69) is 5.10 Å². The molecule has 1 aromatic heterocycles. The molecule has 0 unspecified atom stereocenters. The van der Waals surface area contributed by atoms with Gasteiger partial charge in [0, 0.05) is 19.2 Å².